The Morgan fingerprint density at radius 3 is 2.70 bits per heavy atom. The van der Waals surface area contributed by atoms with E-state index in [2.05, 4.69) is 30.5 Å². The van der Waals surface area contributed by atoms with Crippen LogP contribution in [-0.4, -0.2) is 112 Å². The van der Waals surface area contributed by atoms with Gasteiger partial charge in [-0.1, -0.05) is 17.7 Å². The predicted octanol–water partition coefficient (Wildman–Crippen LogP) is 1.01. The van der Waals surface area contributed by atoms with Crippen LogP contribution in [0.15, 0.2) is 41.5 Å². The summed E-state index contributed by atoms with van der Waals surface area (Å²) in [6.07, 6.45) is 9.21. The number of carbonyl (C=O) groups excluding carboxylic acids is 1. The topological polar surface area (TPSA) is 104 Å². The van der Waals surface area contributed by atoms with E-state index in [-0.39, 0.29) is 5.91 Å². The summed E-state index contributed by atoms with van der Waals surface area (Å²) >= 11 is 6.22. The summed E-state index contributed by atoms with van der Waals surface area (Å²) < 4.78 is 5.54. The number of halogens is 1. The van der Waals surface area contributed by atoms with Crippen molar-refractivity contribution in [2.75, 3.05) is 59.0 Å². The number of ether oxygens (including phenoxy) is 1. The highest BCUT2D eigenvalue weighted by Gasteiger charge is 2.39. The number of hydrogen-bond acceptors (Lipinski definition) is 9. The van der Waals surface area contributed by atoms with Crippen molar-refractivity contribution < 1.29 is 9.53 Å². The molecule has 0 saturated carbocycles. The third kappa shape index (κ3) is 6.24. The van der Waals surface area contributed by atoms with Crippen molar-refractivity contribution in [2.24, 2.45) is 4.99 Å². The molecule has 1 atom stereocenters. The molecular weight excluding hydrogens is 494 g/mol. The smallest absolute Gasteiger partial charge is 0.246 e. The number of nitrogens with one attached hydrogen (secondary N) is 1. The molecule has 1 N–H and O–H groups in total. The monoisotopic (exact) mass is 525 g/mol. The van der Waals surface area contributed by atoms with Crippen LogP contribution in [0.5, 0.6) is 0 Å². The number of morpholine rings is 1. The van der Waals surface area contributed by atoms with Gasteiger partial charge in [-0.15, -0.1) is 10.2 Å². The zero-order valence-electron chi connectivity index (χ0n) is 21.0. The summed E-state index contributed by atoms with van der Waals surface area (Å²) in [5.41, 5.74) is 1.81. The summed E-state index contributed by atoms with van der Waals surface area (Å²) in [6, 6.07) is 5.58. The lowest BCUT2D eigenvalue weighted by Gasteiger charge is -2.47. The van der Waals surface area contributed by atoms with Crippen LogP contribution in [0.3, 0.4) is 0 Å². The first-order chi connectivity index (χ1) is 18.0. The van der Waals surface area contributed by atoms with Crippen LogP contribution in [0.4, 0.5) is 0 Å². The second-order valence-electron chi connectivity index (χ2n) is 9.34. The molecule has 3 aliphatic rings. The number of allylic oxidation sites excluding steroid dienone is 1. The highest BCUT2D eigenvalue weighted by atomic mass is 35.5. The van der Waals surface area contributed by atoms with Crippen molar-refractivity contribution >= 4 is 29.8 Å². The van der Waals surface area contributed by atoms with Gasteiger partial charge in [-0.05, 0) is 47.5 Å². The zero-order valence-corrected chi connectivity index (χ0v) is 21.7. The van der Waals surface area contributed by atoms with Gasteiger partial charge >= 0.3 is 0 Å². The number of aryl methyl sites for hydroxylation is 1. The molecule has 1 unspecified atom stereocenters. The number of nitrogens with zero attached hydrogens (tertiary/aromatic N) is 8. The average molecular weight is 526 g/mol. The Kier molecular flexibility index (Phi) is 7.94. The van der Waals surface area contributed by atoms with E-state index in [0.29, 0.717) is 43.7 Å². The number of carbonyl (C=O) groups is 1. The number of aliphatic imine (C=N–C) groups is 1. The molecule has 2 aromatic rings. The van der Waals surface area contributed by atoms with Crippen molar-refractivity contribution in [1.29, 1.82) is 0 Å². The first kappa shape index (κ1) is 25.5. The van der Waals surface area contributed by atoms with E-state index in [1.54, 1.807) is 13.0 Å². The van der Waals surface area contributed by atoms with Gasteiger partial charge in [0.05, 0.1) is 26.3 Å². The van der Waals surface area contributed by atoms with E-state index in [9.17, 15) is 4.79 Å². The lowest BCUT2D eigenvalue weighted by molar-refractivity contribution is -0.128. The van der Waals surface area contributed by atoms with E-state index in [0.717, 1.165) is 43.9 Å². The van der Waals surface area contributed by atoms with Gasteiger partial charge in [0.15, 0.2) is 11.6 Å². The fourth-order valence-electron chi connectivity index (χ4n) is 4.84. The standard InChI is InChI=1S/C25H32ClN9O2/c1-20-29-31-35(30-20)18-22-17-23(26)5-3-21(22)4-6-24(36)33-11-9-32(10-12-33)19-25(27-7-2-8-28-25)34-13-15-37-16-14-34/h2-8,17,27H,9-16,18-19H2,1H3/b6-4+. The Labute approximate surface area is 221 Å². The summed E-state index contributed by atoms with van der Waals surface area (Å²) in [5, 5.41) is 16.3. The summed E-state index contributed by atoms with van der Waals surface area (Å²) in [7, 11) is 0. The molecule has 5 rings (SSSR count). The molecule has 0 aliphatic carbocycles. The van der Waals surface area contributed by atoms with Crippen LogP contribution in [0.25, 0.3) is 6.08 Å². The number of aromatic nitrogens is 4. The van der Waals surface area contributed by atoms with E-state index >= 15 is 0 Å². The van der Waals surface area contributed by atoms with E-state index in [4.69, 9.17) is 21.3 Å². The second-order valence-corrected chi connectivity index (χ2v) is 9.78. The van der Waals surface area contributed by atoms with E-state index in [1.807, 2.05) is 47.7 Å². The second kappa shape index (κ2) is 11.5. The highest BCUT2D eigenvalue weighted by molar-refractivity contribution is 6.30. The molecular formula is C25H32ClN9O2. The maximum absolute atomic E-state index is 13.0. The molecule has 2 fully saturated rings. The third-order valence-corrected chi connectivity index (χ3v) is 7.06. The molecule has 4 heterocycles. The van der Waals surface area contributed by atoms with Crippen molar-refractivity contribution in [3.05, 3.63) is 58.5 Å². The molecule has 37 heavy (non-hydrogen) atoms. The maximum atomic E-state index is 13.0. The van der Waals surface area contributed by atoms with Crippen LogP contribution in [0, 0.1) is 6.92 Å². The van der Waals surface area contributed by atoms with E-state index in [1.165, 1.54) is 4.80 Å². The van der Waals surface area contributed by atoms with Gasteiger partial charge in [0.1, 0.15) is 0 Å². The highest BCUT2D eigenvalue weighted by Crippen LogP contribution is 2.21. The van der Waals surface area contributed by atoms with E-state index < -0.39 is 5.79 Å². The molecule has 1 aromatic heterocycles. The molecule has 1 aromatic carbocycles. The quantitative estimate of drug-likeness (QED) is 0.534. The molecule has 0 radical (unpaired) electrons. The molecule has 3 aliphatic heterocycles. The number of rotatable bonds is 7. The molecule has 0 spiro atoms. The van der Waals surface area contributed by atoms with Gasteiger partial charge in [0.2, 0.25) is 5.91 Å². The Morgan fingerprint density at radius 1 is 1.19 bits per heavy atom. The zero-order chi connectivity index (χ0) is 25.7. The number of benzene rings is 1. The van der Waals surface area contributed by atoms with Gasteiger partial charge in [-0.2, -0.15) is 4.80 Å². The fourth-order valence-corrected chi connectivity index (χ4v) is 5.04. The van der Waals surface area contributed by atoms with Gasteiger partial charge < -0.3 is 15.0 Å². The van der Waals surface area contributed by atoms with Gasteiger partial charge in [-0.3, -0.25) is 14.6 Å². The van der Waals surface area contributed by atoms with Crippen molar-refractivity contribution in [3.8, 4) is 0 Å². The van der Waals surface area contributed by atoms with Gasteiger partial charge in [-0.25, -0.2) is 4.99 Å². The van der Waals surface area contributed by atoms with Crippen LogP contribution >= 0.6 is 11.6 Å². The molecule has 12 heteroatoms. The van der Waals surface area contributed by atoms with Crippen molar-refractivity contribution in [3.63, 3.8) is 0 Å². The Morgan fingerprint density at radius 2 is 2.00 bits per heavy atom. The van der Waals surface area contributed by atoms with Crippen molar-refractivity contribution in [2.45, 2.75) is 19.3 Å². The average Bonchev–Trinajstić information content (AvgIpc) is 3.34. The third-order valence-electron chi connectivity index (χ3n) is 6.82. The lowest BCUT2D eigenvalue weighted by Crippen LogP contribution is -2.66. The van der Waals surface area contributed by atoms with Crippen LogP contribution in [0.2, 0.25) is 5.02 Å². The minimum atomic E-state index is -0.493. The first-order valence-corrected chi connectivity index (χ1v) is 12.9. The molecule has 196 valence electrons. The SMILES string of the molecule is Cc1nnn(Cc2cc(Cl)ccc2/C=C/C(=O)N2CCN(CC3(N4CCOCC4)N=CC=CN3)CC2)n1. The molecule has 0 bridgehead atoms. The van der Waals surface area contributed by atoms with Crippen LogP contribution in [-0.2, 0) is 16.1 Å². The van der Waals surface area contributed by atoms with Crippen LogP contribution < -0.4 is 5.32 Å². The molecule has 2 saturated heterocycles. The fraction of sp³-hybridized carbons (Fsp3) is 0.480. The number of piperazine rings is 1. The maximum Gasteiger partial charge on any atom is 0.246 e. The summed E-state index contributed by atoms with van der Waals surface area (Å²) in [4.78, 5) is 26.0. The first-order valence-electron chi connectivity index (χ1n) is 12.5. The molecule has 11 nitrogen and oxygen atoms in total. The number of hydrogen-bond donors (Lipinski definition) is 1. The Bertz CT molecular complexity index is 1180. The number of tetrazole rings is 1. The Balaban J connectivity index is 1.19. The van der Waals surface area contributed by atoms with Gasteiger partial charge in [0.25, 0.3) is 0 Å². The summed E-state index contributed by atoms with van der Waals surface area (Å²) in [6.45, 7) is 8.95. The lowest BCUT2D eigenvalue weighted by atomic mass is 10.1. The minimum absolute atomic E-state index is 0.00471. The molecule has 1 amide bonds. The van der Waals surface area contributed by atoms with Gasteiger partial charge in [0, 0.05) is 62.8 Å². The number of amides is 1. The van der Waals surface area contributed by atoms with Crippen molar-refractivity contribution in [1.82, 2.24) is 40.2 Å². The minimum Gasteiger partial charge on any atom is -0.379 e. The van der Waals surface area contributed by atoms with Crippen LogP contribution in [0.1, 0.15) is 17.0 Å². The summed E-state index contributed by atoms with van der Waals surface area (Å²) in [5.74, 6) is 0.106. The predicted molar refractivity (Wildman–Crippen MR) is 141 cm³/mol. The normalized spacial score (nSPS) is 23.0. The Hall–Kier alpha value is -3.12. The largest absolute Gasteiger partial charge is 0.379 e.